The smallest absolute Gasteiger partial charge is 0.305 e. The van der Waals surface area contributed by atoms with Gasteiger partial charge in [-0.05, 0) is 31.4 Å². The number of carbonyl (C=O) groups excluding carboxylic acids is 1. The largest absolute Gasteiger partial charge is 0.481 e. The number of aromatic nitrogens is 1. The average Bonchev–Trinajstić information content (AvgIpc) is 2.39. The molecule has 1 amide bonds. The Bertz CT molecular complexity index is 490. The second-order valence-electron chi connectivity index (χ2n) is 4.69. The lowest BCUT2D eigenvalue weighted by Crippen LogP contribution is -2.41. The monoisotopic (exact) mass is 263 g/mol. The van der Waals surface area contributed by atoms with Gasteiger partial charge < -0.3 is 15.7 Å². The zero-order valence-electron chi connectivity index (χ0n) is 10.6. The molecule has 1 fully saturated rings. The van der Waals surface area contributed by atoms with E-state index in [2.05, 4.69) is 4.98 Å². The molecule has 6 nitrogen and oxygen atoms in total. The van der Waals surface area contributed by atoms with Crippen molar-refractivity contribution in [1.29, 1.82) is 0 Å². The fourth-order valence-electron chi connectivity index (χ4n) is 2.44. The molecule has 0 saturated carbocycles. The Morgan fingerprint density at radius 3 is 2.89 bits per heavy atom. The number of primary amides is 1. The van der Waals surface area contributed by atoms with Crippen LogP contribution < -0.4 is 10.6 Å². The molecular weight excluding hydrogens is 246 g/mol. The van der Waals surface area contributed by atoms with Gasteiger partial charge in [-0.15, -0.1) is 0 Å². The zero-order chi connectivity index (χ0) is 13.8. The van der Waals surface area contributed by atoms with Crippen LogP contribution in [0, 0.1) is 0 Å². The van der Waals surface area contributed by atoms with Crippen molar-refractivity contribution in [3.8, 4) is 0 Å². The third kappa shape index (κ3) is 3.21. The zero-order valence-corrected chi connectivity index (χ0v) is 10.6. The van der Waals surface area contributed by atoms with Crippen LogP contribution in [0.15, 0.2) is 18.2 Å². The lowest BCUT2D eigenvalue weighted by atomic mass is 9.99. The molecule has 1 saturated heterocycles. The van der Waals surface area contributed by atoms with Crippen LogP contribution in [0.1, 0.15) is 36.2 Å². The van der Waals surface area contributed by atoms with E-state index < -0.39 is 11.9 Å². The summed E-state index contributed by atoms with van der Waals surface area (Å²) in [5.74, 6) is -0.765. The highest BCUT2D eigenvalue weighted by Gasteiger charge is 2.25. The first-order chi connectivity index (χ1) is 9.08. The molecular formula is C13H17N3O3. The maximum Gasteiger partial charge on any atom is 0.305 e. The van der Waals surface area contributed by atoms with Crippen molar-refractivity contribution < 1.29 is 14.7 Å². The SMILES string of the molecule is NC(=O)c1cccc(N2CCCCC2CC(=O)O)n1. The Balaban J connectivity index is 2.24. The molecule has 2 rings (SSSR count). The number of rotatable bonds is 4. The summed E-state index contributed by atoms with van der Waals surface area (Å²) in [5.41, 5.74) is 5.42. The number of carbonyl (C=O) groups is 2. The van der Waals surface area contributed by atoms with Crippen molar-refractivity contribution in [3.63, 3.8) is 0 Å². The highest BCUT2D eigenvalue weighted by atomic mass is 16.4. The minimum Gasteiger partial charge on any atom is -0.481 e. The van der Waals surface area contributed by atoms with Crippen LogP contribution in [0.25, 0.3) is 0 Å². The molecule has 1 aliphatic rings. The maximum absolute atomic E-state index is 11.1. The molecule has 0 spiro atoms. The predicted octanol–water partition coefficient (Wildman–Crippen LogP) is 1.01. The number of amides is 1. The Hall–Kier alpha value is -2.11. The number of pyridine rings is 1. The Morgan fingerprint density at radius 2 is 2.21 bits per heavy atom. The number of piperidine rings is 1. The van der Waals surface area contributed by atoms with Gasteiger partial charge in [0.25, 0.3) is 5.91 Å². The molecule has 19 heavy (non-hydrogen) atoms. The first kappa shape index (κ1) is 13.3. The van der Waals surface area contributed by atoms with Gasteiger partial charge in [-0.25, -0.2) is 4.98 Å². The second kappa shape index (κ2) is 5.69. The number of nitrogens with zero attached hydrogens (tertiary/aromatic N) is 2. The van der Waals surface area contributed by atoms with E-state index in [1.54, 1.807) is 18.2 Å². The second-order valence-corrected chi connectivity index (χ2v) is 4.69. The van der Waals surface area contributed by atoms with Crippen molar-refractivity contribution in [2.75, 3.05) is 11.4 Å². The molecule has 2 heterocycles. The summed E-state index contributed by atoms with van der Waals surface area (Å²) >= 11 is 0. The van der Waals surface area contributed by atoms with Crippen molar-refractivity contribution >= 4 is 17.7 Å². The number of carboxylic acid groups (broad SMARTS) is 1. The molecule has 1 aromatic heterocycles. The van der Waals surface area contributed by atoms with Crippen LogP contribution in [0.3, 0.4) is 0 Å². The number of carboxylic acids is 1. The van der Waals surface area contributed by atoms with E-state index in [0.29, 0.717) is 5.82 Å². The van der Waals surface area contributed by atoms with E-state index in [1.165, 1.54) is 0 Å². The summed E-state index contributed by atoms with van der Waals surface area (Å²) in [6, 6.07) is 4.99. The van der Waals surface area contributed by atoms with Gasteiger partial charge in [-0.3, -0.25) is 9.59 Å². The third-order valence-corrected chi connectivity index (χ3v) is 3.32. The van der Waals surface area contributed by atoms with Crippen LogP contribution in [0.5, 0.6) is 0 Å². The quantitative estimate of drug-likeness (QED) is 0.845. The van der Waals surface area contributed by atoms with E-state index in [0.717, 1.165) is 25.8 Å². The first-order valence-corrected chi connectivity index (χ1v) is 6.33. The number of hydrogen-bond donors (Lipinski definition) is 2. The topological polar surface area (TPSA) is 96.5 Å². The molecule has 1 aromatic rings. The summed E-state index contributed by atoms with van der Waals surface area (Å²) in [6.07, 6.45) is 2.93. The number of anilines is 1. The van der Waals surface area contributed by atoms with Gasteiger partial charge in [0.15, 0.2) is 0 Å². The van der Waals surface area contributed by atoms with E-state index in [4.69, 9.17) is 10.8 Å². The molecule has 0 aliphatic carbocycles. The summed E-state index contributed by atoms with van der Waals surface area (Å²) in [7, 11) is 0. The first-order valence-electron chi connectivity index (χ1n) is 6.33. The molecule has 6 heteroatoms. The van der Waals surface area contributed by atoms with Crippen molar-refractivity contribution in [3.05, 3.63) is 23.9 Å². The van der Waals surface area contributed by atoms with Crippen molar-refractivity contribution in [2.24, 2.45) is 5.73 Å². The number of hydrogen-bond acceptors (Lipinski definition) is 4. The van der Waals surface area contributed by atoms with E-state index in [9.17, 15) is 9.59 Å². The average molecular weight is 263 g/mol. The van der Waals surface area contributed by atoms with Crippen LogP contribution in [-0.4, -0.2) is 34.6 Å². The van der Waals surface area contributed by atoms with Gasteiger partial charge in [0.05, 0.1) is 6.42 Å². The highest BCUT2D eigenvalue weighted by molar-refractivity contribution is 5.91. The fourth-order valence-corrected chi connectivity index (χ4v) is 2.44. The molecule has 3 N–H and O–H groups in total. The Kier molecular flexibility index (Phi) is 3.99. The Morgan fingerprint density at radius 1 is 1.42 bits per heavy atom. The molecule has 0 bridgehead atoms. The van der Waals surface area contributed by atoms with Gasteiger partial charge in [0.1, 0.15) is 11.5 Å². The van der Waals surface area contributed by atoms with Crippen LogP contribution in [-0.2, 0) is 4.79 Å². The molecule has 1 atom stereocenters. The van der Waals surface area contributed by atoms with E-state index in [1.807, 2.05) is 4.90 Å². The summed E-state index contributed by atoms with van der Waals surface area (Å²) in [6.45, 7) is 0.757. The van der Waals surface area contributed by atoms with Crippen molar-refractivity contribution in [2.45, 2.75) is 31.7 Å². The van der Waals surface area contributed by atoms with Gasteiger partial charge in [0, 0.05) is 12.6 Å². The third-order valence-electron chi connectivity index (χ3n) is 3.32. The van der Waals surface area contributed by atoms with Gasteiger partial charge >= 0.3 is 5.97 Å². The minimum absolute atomic E-state index is 0.0677. The van der Waals surface area contributed by atoms with Crippen LogP contribution in [0.2, 0.25) is 0 Å². The van der Waals surface area contributed by atoms with Crippen molar-refractivity contribution in [1.82, 2.24) is 4.98 Å². The highest BCUT2D eigenvalue weighted by Crippen LogP contribution is 2.25. The summed E-state index contributed by atoms with van der Waals surface area (Å²) < 4.78 is 0. The lowest BCUT2D eigenvalue weighted by Gasteiger charge is -2.36. The van der Waals surface area contributed by atoms with E-state index in [-0.39, 0.29) is 18.2 Å². The van der Waals surface area contributed by atoms with Crippen LogP contribution in [0.4, 0.5) is 5.82 Å². The summed E-state index contributed by atoms with van der Waals surface area (Å²) in [5, 5.41) is 8.95. The van der Waals surface area contributed by atoms with Gasteiger partial charge in [-0.2, -0.15) is 0 Å². The molecule has 0 radical (unpaired) electrons. The van der Waals surface area contributed by atoms with Crippen LogP contribution >= 0.6 is 0 Å². The molecule has 1 unspecified atom stereocenters. The Labute approximate surface area is 111 Å². The normalized spacial score (nSPS) is 19.2. The van der Waals surface area contributed by atoms with E-state index >= 15 is 0 Å². The summed E-state index contributed by atoms with van der Waals surface area (Å²) in [4.78, 5) is 28.2. The predicted molar refractivity (Wildman–Crippen MR) is 70.0 cm³/mol. The fraction of sp³-hybridized carbons (Fsp3) is 0.462. The van der Waals surface area contributed by atoms with Gasteiger partial charge in [-0.1, -0.05) is 6.07 Å². The number of nitrogens with two attached hydrogens (primary N) is 1. The molecule has 0 aromatic carbocycles. The molecule has 1 aliphatic heterocycles. The molecule has 102 valence electrons. The standard InChI is InChI=1S/C13H17N3O3/c14-13(19)10-5-3-6-11(15-10)16-7-2-1-4-9(16)8-12(17)18/h3,5-6,9H,1-2,4,7-8H2,(H2,14,19)(H,17,18). The lowest BCUT2D eigenvalue weighted by molar-refractivity contribution is -0.137. The number of aliphatic carboxylic acids is 1. The maximum atomic E-state index is 11.1. The minimum atomic E-state index is -0.817. The van der Waals surface area contributed by atoms with Gasteiger partial charge in [0.2, 0.25) is 0 Å².